The summed E-state index contributed by atoms with van der Waals surface area (Å²) in [6.07, 6.45) is 1.98. The van der Waals surface area contributed by atoms with Crippen molar-refractivity contribution in [3.63, 3.8) is 0 Å². The lowest BCUT2D eigenvalue weighted by Gasteiger charge is -2.38. The van der Waals surface area contributed by atoms with Crippen LogP contribution in [0.5, 0.6) is 0 Å². The van der Waals surface area contributed by atoms with Crippen LogP contribution in [0.2, 0.25) is 0 Å². The molecule has 1 aromatic heterocycles. The van der Waals surface area contributed by atoms with Gasteiger partial charge in [-0.1, -0.05) is 66.7 Å². The van der Waals surface area contributed by atoms with Gasteiger partial charge in [-0.2, -0.15) is 0 Å². The Morgan fingerprint density at radius 2 is 1.41 bits per heavy atom. The monoisotopic (exact) mass is 349 g/mol. The predicted molar refractivity (Wildman–Crippen MR) is 111 cm³/mol. The zero-order valence-electron chi connectivity index (χ0n) is 14.8. The fourth-order valence-corrected chi connectivity index (χ4v) is 3.72. The van der Waals surface area contributed by atoms with Crippen LogP contribution >= 0.6 is 0 Å². The lowest BCUT2D eigenvalue weighted by atomic mass is 9.95. The van der Waals surface area contributed by atoms with Crippen molar-refractivity contribution in [2.45, 2.75) is 6.04 Å². The number of aromatic amines is 1. The molecule has 1 unspecified atom stereocenters. The number of rotatable bonds is 3. The number of fused-ring (bicyclic) bond motifs is 1. The Hall–Kier alpha value is -3.59. The topological polar surface area (TPSA) is 31.4 Å². The van der Waals surface area contributed by atoms with Crippen LogP contribution in [0.25, 0.3) is 0 Å². The first-order valence-electron chi connectivity index (χ1n) is 9.12. The fourth-order valence-electron chi connectivity index (χ4n) is 3.72. The molecule has 0 saturated heterocycles. The Bertz CT molecular complexity index is 1070. The summed E-state index contributed by atoms with van der Waals surface area (Å²) >= 11 is 0. The van der Waals surface area contributed by atoms with Gasteiger partial charge in [-0.3, -0.25) is 0 Å². The van der Waals surface area contributed by atoms with Gasteiger partial charge in [-0.05, 0) is 30.3 Å². The predicted octanol–water partition coefficient (Wildman–Crippen LogP) is 5.70. The van der Waals surface area contributed by atoms with E-state index in [0.717, 1.165) is 28.5 Å². The quantitative estimate of drug-likeness (QED) is 0.505. The number of amidine groups is 1. The first-order valence-corrected chi connectivity index (χ1v) is 9.12. The van der Waals surface area contributed by atoms with Crippen molar-refractivity contribution in [3.05, 3.63) is 120 Å². The van der Waals surface area contributed by atoms with Gasteiger partial charge in [0.05, 0.1) is 5.69 Å². The van der Waals surface area contributed by atoms with E-state index in [1.54, 1.807) is 0 Å². The summed E-state index contributed by atoms with van der Waals surface area (Å²) < 4.78 is 0. The van der Waals surface area contributed by atoms with Gasteiger partial charge < -0.3 is 9.88 Å². The number of hydrogen-bond acceptors (Lipinski definition) is 2. The summed E-state index contributed by atoms with van der Waals surface area (Å²) in [4.78, 5) is 10.8. The summed E-state index contributed by atoms with van der Waals surface area (Å²) in [5.41, 5.74) is 5.59. The molecule has 0 fully saturated rings. The molecule has 4 aromatic rings. The summed E-state index contributed by atoms with van der Waals surface area (Å²) in [7, 11) is 0. The van der Waals surface area contributed by atoms with Gasteiger partial charge >= 0.3 is 0 Å². The fraction of sp³-hybridized carbons (Fsp3) is 0.0417. The molecule has 0 spiro atoms. The second kappa shape index (κ2) is 6.61. The molecule has 3 heteroatoms. The number of aromatic nitrogens is 1. The van der Waals surface area contributed by atoms with Crippen molar-refractivity contribution in [1.82, 2.24) is 4.98 Å². The smallest absolute Gasteiger partial charge is 0.141 e. The van der Waals surface area contributed by atoms with Crippen LogP contribution in [0.3, 0.4) is 0 Å². The minimum atomic E-state index is 0.0336. The maximum Gasteiger partial charge on any atom is 0.141 e. The highest BCUT2D eigenvalue weighted by atomic mass is 15.2. The molecule has 5 rings (SSSR count). The van der Waals surface area contributed by atoms with Gasteiger partial charge in [0.1, 0.15) is 11.9 Å². The van der Waals surface area contributed by atoms with Gasteiger partial charge in [0.15, 0.2) is 0 Å². The third-order valence-electron chi connectivity index (χ3n) is 4.93. The third-order valence-corrected chi connectivity index (χ3v) is 4.93. The third kappa shape index (κ3) is 2.74. The Morgan fingerprint density at radius 3 is 2.15 bits per heavy atom. The van der Waals surface area contributed by atoms with E-state index in [9.17, 15) is 0 Å². The van der Waals surface area contributed by atoms with E-state index < -0.39 is 0 Å². The lowest BCUT2D eigenvalue weighted by Crippen LogP contribution is -2.38. The van der Waals surface area contributed by atoms with E-state index >= 15 is 0 Å². The molecule has 1 atom stereocenters. The highest BCUT2D eigenvalue weighted by Crippen LogP contribution is 2.42. The average molecular weight is 349 g/mol. The number of para-hydroxylation sites is 2. The molecular formula is C24H19N3. The Labute approximate surface area is 158 Å². The van der Waals surface area contributed by atoms with Crippen LogP contribution in [0, 0.1) is 0 Å². The number of nitrogens with zero attached hydrogens (tertiary/aromatic N) is 2. The van der Waals surface area contributed by atoms with Crippen LogP contribution in [0.15, 0.2) is 108 Å². The van der Waals surface area contributed by atoms with E-state index in [4.69, 9.17) is 4.99 Å². The largest absolute Gasteiger partial charge is 0.363 e. The highest BCUT2D eigenvalue weighted by molar-refractivity contribution is 6.13. The molecule has 3 aromatic carbocycles. The van der Waals surface area contributed by atoms with E-state index in [1.807, 2.05) is 18.3 Å². The van der Waals surface area contributed by atoms with Gasteiger partial charge in [-0.15, -0.1) is 0 Å². The minimum Gasteiger partial charge on any atom is -0.363 e. The first kappa shape index (κ1) is 15.6. The first-order chi connectivity index (χ1) is 13.4. The van der Waals surface area contributed by atoms with E-state index in [1.165, 1.54) is 5.56 Å². The minimum absolute atomic E-state index is 0.0336. The second-order valence-electron chi connectivity index (χ2n) is 6.59. The molecule has 0 bridgehead atoms. The zero-order valence-corrected chi connectivity index (χ0v) is 14.8. The Kier molecular flexibility index (Phi) is 3.83. The maximum absolute atomic E-state index is 5.06. The molecule has 0 aliphatic carbocycles. The molecule has 0 saturated carbocycles. The molecule has 27 heavy (non-hydrogen) atoms. The summed E-state index contributed by atoms with van der Waals surface area (Å²) in [6, 6.07) is 33.5. The molecule has 3 nitrogen and oxygen atoms in total. The molecule has 2 heterocycles. The Balaban J connectivity index is 1.79. The van der Waals surface area contributed by atoms with Crippen molar-refractivity contribution in [3.8, 4) is 0 Å². The van der Waals surface area contributed by atoms with Crippen molar-refractivity contribution < 1.29 is 0 Å². The number of benzene rings is 3. The zero-order chi connectivity index (χ0) is 18.1. The van der Waals surface area contributed by atoms with E-state index in [-0.39, 0.29) is 6.04 Å². The molecule has 1 N–H and O–H groups in total. The number of aliphatic imine (C=N–C) groups is 1. The number of hydrogen-bond donors (Lipinski definition) is 1. The van der Waals surface area contributed by atoms with Crippen molar-refractivity contribution >= 4 is 17.2 Å². The maximum atomic E-state index is 5.06. The average Bonchev–Trinajstić information content (AvgIpc) is 3.28. The number of H-pyrrole nitrogens is 1. The molecule has 130 valence electrons. The summed E-state index contributed by atoms with van der Waals surface area (Å²) in [5, 5.41) is 0. The van der Waals surface area contributed by atoms with Crippen LogP contribution in [0.1, 0.15) is 22.9 Å². The SMILES string of the molecule is c1ccc(C2=Nc3ccccc3C(c3ccc[nH]3)N2c2ccccc2)cc1. The normalized spacial score (nSPS) is 15.9. The van der Waals surface area contributed by atoms with E-state index in [2.05, 4.69) is 94.8 Å². The van der Waals surface area contributed by atoms with Crippen molar-refractivity contribution in [2.24, 2.45) is 4.99 Å². The van der Waals surface area contributed by atoms with Crippen molar-refractivity contribution in [2.75, 3.05) is 4.90 Å². The van der Waals surface area contributed by atoms with Crippen LogP contribution in [-0.2, 0) is 0 Å². The summed E-state index contributed by atoms with van der Waals surface area (Å²) in [6.45, 7) is 0. The van der Waals surface area contributed by atoms with Crippen molar-refractivity contribution in [1.29, 1.82) is 0 Å². The summed E-state index contributed by atoms with van der Waals surface area (Å²) in [5.74, 6) is 0.958. The van der Waals surface area contributed by atoms with Gasteiger partial charge in [0.25, 0.3) is 0 Å². The van der Waals surface area contributed by atoms with Crippen LogP contribution in [0.4, 0.5) is 11.4 Å². The van der Waals surface area contributed by atoms with Gasteiger partial charge in [-0.25, -0.2) is 4.99 Å². The van der Waals surface area contributed by atoms with Gasteiger partial charge in [0, 0.05) is 28.7 Å². The lowest BCUT2D eigenvalue weighted by molar-refractivity contribution is 0.799. The second-order valence-corrected chi connectivity index (χ2v) is 6.59. The van der Waals surface area contributed by atoms with Crippen LogP contribution < -0.4 is 4.90 Å². The highest BCUT2D eigenvalue weighted by Gasteiger charge is 2.33. The molecule has 0 radical (unpaired) electrons. The number of anilines is 1. The standard InChI is InChI=1S/C24H19N3/c1-3-10-18(11-4-1)24-26-21-15-8-7-14-20(21)23(22-16-9-17-25-22)27(24)19-12-5-2-6-13-19/h1-17,23,25H. The number of nitrogens with one attached hydrogen (secondary N) is 1. The van der Waals surface area contributed by atoms with Gasteiger partial charge in [0.2, 0.25) is 0 Å². The molecular weight excluding hydrogens is 330 g/mol. The molecule has 0 amide bonds. The van der Waals surface area contributed by atoms with Crippen LogP contribution in [-0.4, -0.2) is 10.8 Å². The van der Waals surface area contributed by atoms with E-state index in [0.29, 0.717) is 0 Å². The Morgan fingerprint density at radius 1 is 0.704 bits per heavy atom. The molecule has 1 aliphatic heterocycles. The molecule has 1 aliphatic rings.